The second-order valence-electron chi connectivity index (χ2n) is 3.68. The molecule has 1 rings (SSSR count). The predicted molar refractivity (Wildman–Crippen MR) is 61.1 cm³/mol. The van der Waals surface area contributed by atoms with E-state index in [0.717, 1.165) is 18.2 Å². The summed E-state index contributed by atoms with van der Waals surface area (Å²) in [5.74, 6) is -3.19. The highest BCUT2D eigenvalue weighted by Gasteiger charge is 2.30. The van der Waals surface area contributed by atoms with Gasteiger partial charge in [-0.2, -0.15) is 13.2 Å². The van der Waals surface area contributed by atoms with E-state index in [-0.39, 0.29) is 5.56 Å². The van der Waals surface area contributed by atoms with E-state index in [9.17, 15) is 27.2 Å². The van der Waals surface area contributed by atoms with Gasteiger partial charge >= 0.3 is 12.1 Å². The van der Waals surface area contributed by atoms with Crippen molar-refractivity contribution in [3.63, 3.8) is 0 Å². The minimum absolute atomic E-state index is 0.219. The Hall–Kier alpha value is -2.38. The van der Waals surface area contributed by atoms with Crippen molar-refractivity contribution < 1.29 is 32.3 Å². The maximum Gasteiger partial charge on any atom is 0.416 e. The number of halogens is 4. The fourth-order valence-corrected chi connectivity index (χ4v) is 1.23. The van der Waals surface area contributed by atoms with E-state index in [2.05, 4.69) is 0 Å². The number of rotatable bonds is 4. The first-order valence-electron chi connectivity index (χ1n) is 5.24. The van der Waals surface area contributed by atoms with Crippen molar-refractivity contribution in [3.05, 3.63) is 41.2 Å². The molecular weight excluding hydrogens is 282 g/mol. The minimum atomic E-state index is -4.65. The molecule has 0 aliphatic heterocycles. The lowest BCUT2D eigenvalue weighted by molar-refractivity contribution is -0.138. The molecule has 0 fully saturated rings. The fourth-order valence-electron chi connectivity index (χ4n) is 1.23. The first-order valence-corrected chi connectivity index (χ1v) is 5.24. The number of aliphatic carboxylic acids is 1. The average Bonchev–Trinajstić information content (AvgIpc) is 2.33. The molecule has 1 aromatic carbocycles. The Kier molecular flexibility index (Phi) is 4.84. The predicted octanol–water partition coefficient (Wildman–Crippen LogP) is 2.06. The fraction of sp³-hybridized carbons (Fsp3) is 0.167. The van der Waals surface area contributed by atoms with E-state index in [4.69, 9.17) is 5.11 Å². The lowest BCUT2D eigenvalue weighted by atomic mass is 10.1. The number of carboxylic acids is 1. The van der Waals surface area contributed by atoms with Gasteiger partial charge in [-0.05, 0) is 18.2 Å². The largest absolute Gasteiger partial charge is 0.480 e. The van der Waals surface area contributed by atoms with Gasteiger partial charge in [0, 0.05) is 11.6 Å². The second-order valence-corrected chi connectivity index (χ2v) is 3.68. The van der Waals surface area contributed by atoms with Crippen LogP contribution in [0.2, 0.25) is 0 Å². The molecule has 8 heteroatoms. The molecule has 4 nitrogen and oxygen atoms in total. The zero-order valence-corrected chi connectivity index (χ0v) is 9.87. The second kappa shape index (κ2) is 6.18. The molecule has 20 heavy (non-hydrogen) atoms. The van der Waals surface area contributed by atoms with Gasteiger partial charge in [0.05, 0.1) is 5.56 Å². The minimum Gasteiger partial charge on any atom is -0.480 e. The molecule has 0 atom stereocenters. The molecule has 0 aliphatic rings. The summed E-state index contributed by atoms with van der Waals surface area (Å²) >= 11 is 0. The Labute approximate surface area is 110 Å². The zero-order chi connectivity index (χ0) is 15.3. The highest BCUT2D eigenvalue weighted by Crippen LogP contribution is 2.30. The number of hydrogen-bond acceptors (Lipinski definition) is 2. The van der Waals surface area contributed by atoms with Crippen LogP contribution in [0.1, 0.15) is 11.1 Å². The number of carbonyl (C=O) groups is 2. The quantitative estimate of drug-likeness (QED) is 0.659. The van der Waals surface area contributed by atoms with Crippen molar-refractivity contribution >= 4 is 18.0 Å². The number of alkyl halides is 3. The summed E-state index contributed by atoms with van der Waals surface area (Å²) in [4.78, 5) is 21.3. The lowest BCUT2D eigenvalue weighted by Gasteiger charge is -2.07. The topological polar surface area (TPSA) is 66.4 Å². The summed E-state index contributed by atoms with van der Waals surface area (Å²) in [6.07, 6.45) is -2.87. The van der Waals surface area contributed by atoms with Gasteiger partial charge in [0.1, 0.15) is 12.4 Å². The van der Waals surface area contributed by atoms with Crippen LogP contribution < -0.4 is 5.32 Å². The summed E-state index contributed by atoms with van der Waals surface area (Å²) in [5, 5.41) is 10.3. The maximum absolute atomic E-state index is 13.4. The number of benzene rings is 1. The Morgan fingerprint density at radius 2 is 1.95 bits per heavy atom. The van der Waals surface area contributed by atoms with Crippen LogP contribution in [0, 0.1) is 5.82 Å². The van der Waals surface area contributed by atoms with Gasteiger partial charge in [0.25, 0.3) is 0 Å². The SMILES string of the molecule is O=C(O)CNC(=O)/C=C/c1ccc(C(F)(F)F)cc1F. The standard InChI is InChI=1S/C12H9F4NO3/c13-9-5-8(12(14,15)16)3-1-7(9)2-4-10(18)17-6-11(19)20/h1-5H,6H2,(H,17,18)(H,19,20)/b4-2+. The molecule has 1 aromatic rings. The van der Waals surface area contributed by atoms with E-state index < -0.39 is 36.0 Å². The summed E-state index contributed by atoms with van der Waals surface area (Å²) in [7, 11) is 0. The van der Waals surface area contributed by atoms with Gasteiger partial charge in [-0.25, -0.2) is 4.39 Å². The molecule has 0 spiro atoms. The molecule has 0 unspecified atom stereocenters. The van der Waals surface area contributed by atoms with Crippen molar-refractivity contribution in [2.24, 2.45) is 0 Å². The van der Waals surface area contributed by atoms with E-state index >= 15 is 0 Å². The molecule has 0 radical (unpaired) electrons. The molecule has 1 amide bonds. The Morgan fingerprint density at radius 1 is 1.30 bits per heavy atom. The van der Waals surface area contributed by atoms with Crippen LogP contribution in [-0.4, -0.2) is 23.5 Å². The van der Waals surface area contributed by atoms with E-state index in [0.29, 0.717) is 12.1 Å². The molecule has 0 saturated carbocycles. The van der Waals surface area contributed by atoms with Crippen LogP contribution in [0.25, 0.3) is 6.08 Å². The monoisotopic (exact) mass is 291 g/mol. The molecule has 108 valence electrons. The van der Waals surface area contributed by atoms with Crippen LogP contribution in [-0.2, 0) is 15.8 Å². The summed E-state index contributed by atoms with van der Waals surface area (Å²) in [6.45, 7) is -0.612. The molecule has 0 heterocycles. The molecule has 0 bridgehead atoms. The lowest BCUT2D eigenvalue weighted by Crippen LogP contribution is -2.27. The van der Waals surface area contributed by atoms with Crippen LogP contribution in [0.4, 0.5) is 17.6 Å². The van der Waals surface area contributed by atoms with Gasteiger partial charge in [-0.1, -0.05) is 6.07 Å². The Morgan fingerprint density at radius 3 is 2.45 bits per heavy atom. The van der Waals surface area contributed by atoms with Crippen molar-refractivity contribution in [2.75, 3.05) is 6.54 Å². The Balaban J connectivity index is 2.78. The number of hydrogen-bond donors (Lipinski definition) is 2. The summed E-state index contributed by atoms with van der Waals surface area (Å²) in [6, 6.07) is 1.87. The normalized spacial score (nSPS) is 11.6. The number of carbonyl (C=O) groups excluding carboxylic acids is 1. The van der Waals surface area contributed by atoms with Crippen LogP contribution >= 0.6 is 0 Å². The van der Waals surface area contributed by atoms with Gasteiger partial charge in [-0.15, -0.1) is 0 Å². The van der Waals surface area contributed by atoms with Crippen LogP contribution in [0.15, 0.2) is 24.3 Å². The molecule has 2 N–H and O–H groups in total. The number of carboxylic acid groups (broad SMARTS) is 1. The van der Waals surface area contributed by atoms with Crippen molar-refractivity contribution in [2.45, 2.75) is 6.18 Å². The van der Waals surface area contributed by atoms with Crippen molar-refractivity contribution in [3.8, 4) is 0 Å². The van der Waals surface area contributed by atoms with Crippen molar-refractivity contribution in [1.29, 1.82) is 0 Å². The molecule has 0 aromatic heterocycles. The highest BCUT2D eigenvalue weighted by molar-refractivity contribution is 5.93. The zero-order valence-electron chi connectivity index (χ0n) is 9.87. The van der Waals surface area contributed by atoms with Crippen LogP contribution in [0.5, 0.6) is 0 Å². The van der Waals surface area contributed by atoms with E-state index in [1.807, 2.05) is 5.32 Å². The molecule has 0 aliphatic carbocycles. The molecular formula is C12H9F4NO3. The first-order chi connectivity index (χ1) is 9.20. The van der Waals surface area contributed by atoms with E-state index in [1.165, 1.54) is 0 Å². The van der Waals surface area contributed by atoms with Crippen LogP contribution in [0.3, 0.4) is 0 Å². The average molecular weight is 291 g/mol. The third-order valence-electron chi connectivity index (χ3n) is 2.16. The highest BCUT2D eigenvalue weighted by atomic mass is 19.4. The third-order valence-corrected chi connectivity index (χ3v) is 2.16. The number of amides is 1. The van der Waals surface area contributed by atoms with Gasteiger partial charge in [-0.3, -0.25) is 9.59 Å². The number of nitrogens with one attached hydrogen (secondary N) is 1. The first kappa shape index (κ1) is 15.7. The van der Waals surface area contributed by atoms with Gasteiger partial charge in [0.2, 0.25) is 5.91 Å². The van der Waals surface area contributed by atoms with Gasteiger partial charge < -0.3 is 10.4 Å². The Bertz CT molecular complexity index is 552. The van der Waals surface area contributed by atoms with Crippen molar-refractivity contribution in [1.82, 2.24) is 5.32 Å². The maximum atomic E-state index is 13.4. The van der Waals surface area contributed by atoms with E-state index in [1.54, 1.807) is 0 Å². The summed E-state index contributed by atoms with van der Waals surface area (Å²) in [5.41, 5.74) is -1.36. The summed E-state index contributed by atoms with van der Waals surface area (Å²) < 4.78 is 50.2. The third kappa shape index (κ3) is 4.71. The molecule has 0 saturated heterocycles. The smallest absolute Gasteiger partial charge is 0.416 e. The van der Waals surface area contributed by atoms with Gasteiger partial charge in [0.15, 0.2) is 0 Å².